The first-order valence-electron chi connectivity index (χ1n) is 7.00. The number of hydrogen-bond donors (Lipinski definition) is 1. The maximum absolute atomic E-state index is 13.0. The van der Waals surface area contributed by atoms with Crippen LogP contribution in [0.4, 0.5) is 13.2 Å². The summed E-state index contributed by atoms with van der Waals surface area (Å²) < 4.78 is 65.1. The lowest BCUT2D eigenvalue weighted by Gasteiger charge is -2.22. The molecule has 1 saturated heterocycles. The number of sulfonamides is 1. The van der Waals surface area contributed by atoms with Crippen molar-refractivity contribution < 1.29 is 21.6 Å². The molecule has 0 radical (unpaired) electrons. The Morgan fingerprint density at radius 1 is 1.32 bits per heavy atom. The number of halogens is 3. The van der Waals surface area contributed by atoms with Crippen molar-refractivity contribution in [2.45, 2.75) is 31.3 Å². The lowest BCUT2D eigenvalue weighted by molar-refractivity contribution is -0.138. The predicted molar refractivity (Wildman–Crippen MR) is 77.4 cm³/mol. The van der Waals surface area contributed by atoms with Crippen molar-refractivity contribution in [2.24, 2.45) is 11.7 Å². The first-order valence-corrected chi connectivity index (χ1v) is 8.60. The monoisotopic (exact) mass is 336 g/mol. The van der Waals surface area contributed by atoms with Crippen molar-refractivity contribution in [1.29, 1.82) is 0 Å². The van der Waals surface area contributed by atoms with Crippen LogP contribution in [0.2, 0.25) is 0 Å². The van der Waals surface area contributed by atoms with Gasteiger partial charge >= 0.3 is 6.18 Å². The second kappa shape index (κ2) is 6.17. The van der Waals surface area contributed by atoms with Crippen LogP contribution >= 0.6 is 0 Å². The summed E-state index contributed by atoms with van der Waals surface area (Å²) in [6.07, 6.45) is -3.93. The summed E-state index contributed by atoms with van der Waals surface area (Å²) in [4.78, 5) is 0. The minimum absolute atomic E-state index is 0.0580. The molecule has 1 fully saturated rings. The van der Waals surface area contributed by atoms with E-state index in [1.807, 2.05) is 0 Å². The molecule has 124 valence electrons. The van der Waals surface area contributed by atoms with E-state index in [9.17, 15) is 21.6 Å². The molecule has 1 heterocycles. The summed E-state index contributed by atoms with van der Waals surface area (Å²) in [6, 6.07) is 4.54. The van der Waals surface area contributed by atoms with E-state index >= 15 is 0 Å². The highest BCUT2D eigenvalue weighted by atomic mass is 32.2. The topological polar surface area (TPSA) is 63.4 Å². The van der Waals surface area contributed by atoms with Gasteiger partial charge in [0.05, 0.1) is 11.3 Å². The molecule has 2 rings (SSSR count). The van der Waals surface area contributed by atoms with Gasteiger partial charge in [-0.05, 0) is 37.4 Å². The van der Waals surface area contributed by atoms with Gasteiger partial charge in [0.25, 0.3) is 0 Å². The summed E-state index contributed by atoms with van der Waals surface area (Å²) >= 11 is 0. The van der Waals surface area contributed by atoms with E-state index in [4.69, 9.17) is 5.73 Å². The van der Waals surface area contributed by atoms with E-state index < -0.39 is 27.5 Å². The van der Waals surface area contributed by atoms with E-state index in [-0.39, 0.29) is 24.1 Å². The third-order valence-electron chi connectivity index (χ3n) is 3.96. The Morgan fingerprint density at radius 2 is 1.95 bits per heavy atom. The molecule has 0 aliphatic carbocycles. The molecular weight excluding hydrogens is 317 g/mol. The van der Waals surface area contributed by atoms with Crippen LogP contribution in [0, 0.1) is 5.92 Å². The molecule has 0 saturated carbocycles. The van der Waals surface area contributed by atoms with Crippen LogP contribution in [0.25, 0.3) is 0 Å². The fraction of sp³-hybridized carbons (Fsp3) is 0.571. The molecule has 1 aliphatic rings. The van der Waals surface area contributed by atoms with Crippen molar-refractivity contribution in [3.05, 3.63) is 35.4 Å². The van der Waals surface area contributed by atoms with Crippen molar-refractivity contribution >= 4 is 10.0 Å². The number of benzene rings is 1. The van der Waals surface area contributed by atoms with Gasteiger partial charge in [0.15, 0.2) is 0 Å². The quantitative estimate of drug-likeness (QED) is 0.917. The number of hydrogen-bond acceptors (Lipinski definition) is 3. The van der Waals surface area contributed by atoms with Crippen molar-refractivity contribution in [1.82, 2.24) is 4.31 Å². The molecular formula is C14H19F3N2O2S. The van der Waals surface area contributed by atoms with Crippen LogP contribution in [-0.4, -0.2) is 31.9 Å². The fourth-order valence-electron chi connectivity index (χ4n) is 2.87. The van der Waals surface area contributed by atoms with Gasteiger partial charge in [-0.15, -0.1) is 0 Å². The molecule has 0 aromatic heterocycles. The van der Waals surface area contributed by atoms with E-state index in [1.54, 1.807) is 6.92 Å². The van der Waals surface area contributed by atoms with Gasteiger partial charge in [0.2, 0.25) is 10.0 Å². The summed E-state index contributed by atoms with van der Waals surface area (Å²) in [5.74, 6) is -0.591. The molecule has 0 amide bonds. The highest BCUT2D eigenvalue weighted by molar-refractivity contribution is 7.88. The standard InChI is InChI=1S/C14H19F3N2O2S/c1-10-6-11(7-18)8-19(10)22(20,21)9-12-4-2-3-5-13(12)14(15,16)17/h2-5,10-11H,6-9,18H2,1H3. The average Bonchev–Trinajstić information content (AvgIpc) is 2.80. The summed E-state index contributed by atoms with van der Waals surface area (Å²) in [5.41, 5.74) is 4.44. The van der Waals surface area contributed by atoms with Gasteiger partial charge in [-0.25, -0.2) is 8.42 Å². The molecule has 1 aromatic carbocycles. The van der Waals surface area contributed by atoms with E-state index in [2.05, 4.69) is 0 Å². The molecule has 2 unspecified atom stereocenters. The number of alkyl halides is 3. The zero-order chi connectivity index (χ0) is 16.5. The van der Waals surface area contributed by atoms with Gasteiger partial charge in [-0.3, -0.25) is 0 Å². The Bertz CT molecular complexity index is 631. The molecule has 1 aliphatic heterocycles. The zero-order valence-electron chi connectivity index (χ0n) is 12.2. The number of rotatable bonds is 4. The number of nitrogens with two attached hydrogens (primary N) is 1. The van der Waals surface area contributed by atoms with Crippen LogP contribution in [0.1, 0.15) is 24.5 Å². The zero-order valence-corrected chi connectivity index (χ0v) is 13.0. The Balaban J connectivity index is 2.27. The summed E-state index contributed by atoms with van der Waals surface area (Å²) in [5, 5.41) is 0. The summed E-state index contributed by atoms with van der Waals surface area (Å²) in [7, 11) is -3.81. The molecule has 22 heavy (non-hydrogen) atoms. The molecule has 2 atom stereocenters. The maximum Gasteiger partial charge on any atom is 0.416 e. The van der Waals surface area contributed by atoms with Gasteiger partial charge in [-0.1, -0.05) is 18.2 Å². The van der Waals surface area contributed by atoms with Gasteiger partial charge < -0.3 is 5.73 Å². The van der Waals surface area contributed by atoms with Crippen molar-refractivity contribution in [3.63, 3.8) is 0 Å². The van der Waals surface area contributed by atoms with Crippen LogP contribution in [0.15, 0.2) is 24.3 Å². The van der Waals surface area contributed by atoms with Crippen molar-refractivity contribution in [2.75, 3.05) is 13.1 Å². The fourth-order valence-corrected chi connectivity index (χ4v) is 4.75. The molecule has 0 spiro atoms. The van der Waals surface area contributed by atoms with E-state index in [0.29, 0.717) is 13.0 Å². The van der Waals surface area contributed by atoms with E-state index in [0.717, 1.165) is 6.07 Å². The van der Waals surface area contributed by atoms with Crippen LogP contribution in [-0.2, 0) is 22.0 Å². The Morgan fingerprint density at radius 3 is 2.50 bits per heavy atom. The Hall–Kier alpha value is -1.12. The van der Waals surface area contributed by atoms with Crippen molar-refractivity contribution in [3.8, 4) is 0 Å². The lowest BCUT2D eigenvalue weighted by Crippen LogP contribution is -2.35. The second-order valence-electron chi connectivity index (χ2n) is 5.67. The number of nitrogens with zero attached hydrogens (tertiary/aromatic N) is 1. The predicted octanol–water partition coefficient (Wildman–Crippen LogP) is 2.20. The van der Waals surface area contributed by atoms with Crippen LogP contribution in [0.5, 0.6) is 0 Å². The smallest absolute Gasteiger partial charge is 0.330 e. The largest absolute Gasteiger partial charge is 0.416 e. The third kappa shape index (κ3) is 3.61. The molecule has 4 nitrogen and oxygen atoms in total. The summed E-state index contributed by atoms with van der Waals surface area (Å²) in [6.45, 7) is 2.40. The lowest BCUT2D eigenvalue weighted by atomic mass is 10.1. The van der Waals surface area contributed by atoms with Crippen LogP contribution < -0.4 is 5.73 Å². The molecule has 0 bridgehead atoms. The van der Waals surface area contributed by atoms with Gasteiger partial charge in [-0.2, -0.15) is 17.5 Å². The van der Waals surface area contributed by atoms with Gasteiger partial charge in [0, 0.05) is 12.6 Å². The normalized spacial score (nSPS) is 23.9. The highest BCUT2D eigenvalue weighted by Crippen LogP contribution is 2.34. The SMILES string of the molecule is CC1CC(CN)CN1S(=O)(=O)Cc1ccccc1C(F)(F)F. The Kier molecular flexibility index (Phi) is 4.84. The minimum atomic E-state index is -4.57. The molecule has 1 aromatic rings. The van der Waals surface area contributed by atoms with Gasteiger partial charge in [0.1, 0.15) is 0 Å². The minimum Gasteiger partial charge on any atom is -0.330 e. The average molecular weight is 336 g/mol. The highest BCUT2D eigenvalue weighted by Gasteiger charge is 2.39. The van der Waals surface area contributed by atoms with E-state index in [1.165, 1.54) is 22.5 Å². The maximum atomic E-state index is 13.0. The third-order valence-corrected chi connectivity index (χ3v) is 5.85. The van der Waals surface area contributed by atoms with Crippen LogP contribution in [0.3, 0.4) is 0 Å². The Labute approximate surface area is 128 Å². The molecule has 8 heteroatoms. The first-order chi connectivity index (χ1) is 10.1. The first kappa shape index (κ1) is 17.2. The second-order valence-corrected chi connectivity index (χ2v) is 7.59. The molecule has 2 N–H and O–H groups in total.